The van der Waals surface area contributed by atoms with Crippen molar-refractivity contribution in [3.8, 4) is 0 Å². The number of hydrogen-bond donors (Lipinski definition) is 1. The van der Waals surface area contributed by atoms with E-state index < -0.39 is 5.97 Å². The highest BCUT2D eigenvalue weighted by Crippen LogP contribution is 2.13. The third kappa shape index (κ3) is 1.61. The van der Waals surface area contributed by atoms with Gasteiger partial charge in [0.1, 0.15) is 10.9 Å². The fraction of sp³-hybridized carbons (Fsp3) is 0.300. The van der Waals surface area contributed by atoms with Crippen molar-refractivity contribution in [3.05, 3.63) is 27.7 Å². The second-order valence-corrected chi connectivity index (χ2v) is 4.10. The van der Waals surface area contributed by atoms with E-state index in [1.807, 2.05) is 0 Å². The summed E-state index contributed by atoms with van der Waals surface area (Å²) in [6, 6.07) is 0. The Labute approximate surface area is 95.2 Å². The summed E-state index contributed by atoms with van der Waals surface area (Å²) in [6.07, 6.45) is 1.40. The molecule has 5 nitrogen and oxygen atoms in total. The van der Waals surface area contributed by atoms with Crippen molar-refractivity contribution >= 4 is 27.7 Å². The van der Waals surface area contributed by atoms with Gasteiger partial charge in [0.2, 0.25) is 11.1 Å². The molecule has 2 aromatic rings. The van der Waals surface area contributed by atoms with Gasteiger partial charge in [0, 0.05) is 13.1 Å². The smallest absolute Gasteiger partial charge is 0.343 e. The van der Waals surface area contributed by atoms with Crippen molar-refractivity contribution in [1.29, 1.82) is 0 Å². The molecule has 0 aromatic carbocycles. The molecule has 2 aromatic heterocycles. The van der Waals surface area contributed by atoms with Crippen LogP contribution in [0.15, 0.2) is 11.0 Å². The minimum absolute atomic E-state index is 0.0456. The van der Waals surface area contributed by atoms with Crippen LogP contribution in [0.3, 0.4) is 0 Å². The molecule has 0 radical (unpaired) electrons. The normalized spacial score (nSPS) is 10.6. The average Bonchev–Trinajstić information content (AvgIpc) is 2.62. The molecule has 0 aliphatic carbocycles. The number of carbonyl (C=O) groups is 1. The van der Waals surface area contributed by atoms with E-state index in [0.29, 0.717) is 5.39 Å². The summed E-state index contributed by atoms with van der Waals surface area (Å²) < 4.78 is 7.78. The number of ether oxygens (including phenoxy) is 1. The molecule has 0 unspecified atom stereocenters. The van der Waals surface area contributed by atoms with E-state index in [1.165, 1.54) is 17.7 Å². The van der Waals surface area contributed by atoms with Crippen molar-refractivity contribution in [2.24, 2.45) is 0 Å². The van der Waals surface area contributed by atoms with Gasteiger partial charge in [-0.3, -0.25) is 4.79 Å². The Morgan fingerprint density at radius 3 is 3.06 bits per heavy atom. The van der Waals surface area contributed by atoms with E-state index in [0.717, 1.165) is 10.5 Å². The van der Waals surface area contributed by atoms with Gasteiger partial charge in [0.25, 0.3) is 0 Å². The lowest BCUT2D eigenvalue weighted by Crippen LogP contribution is -2.18. The van der Waals surface area contributed by atoms with E-state index in [2.05, 4.69) is 9.36 Å². The van der Waals surface area contributed by atoms with Crippen LogP contribution in [0.2, 0.25) is 0 Å². The molecule has 0 saturated heterocycles. The Bertz CT molecular complexity index is 600. The molecule has 0 atom stereocenters. The lowest BCUT2D eigenvalue weighted by molar-refractivity contribution is -0.298. The number of esters is 1. The number of aryl methyl sites for hydroxylation is 1. The summed E-state index contributed by atoms with van der Waals surface area (Å²) in [5.41, 5.74) is 0.513. The lowest BCUT2D eigenvalue weighted by atomic mass is 10.2. The summed E-state index contributed by atoms with van der Waals surface area (Å²) in [5, 5.41) is 0.524. The number of nitrogens with one attached hydrogen (secondary N) is 2. The number of fused-ring (bicyclic) bond motifs is 1. The number of aromatic nitrogens is 2. The Hall–Kier alpha value is -1.69. The van der Waals surface area contributed by atoms with Crippen LogP contribution in [-0.2, 0) is 4.74 Å². The van der Waals surface area contributed by atoms with Gasteiger partial charge < -0.3 is 9.72 Å². The minimum atomic E-state index is -0.587. The molecule has 0 fully saturated rings. The maximum Gasteiger partial charge on any atom is 0.343 e. The van der Waals surface area contributed by atoms with Gasteiger partial charge in [-0.2, -0.15) is 0 Å². The number of H-pyrrole nitrogens is 2. The summed E-state index contributed by atoms with van der Waals surface area (Å²) in [7, 11) is 0. The zero-order valence-electron chi connectivity index (χ0n) is 8.92. The molecule has 84 valence electrons. The molecule has 2 heterocycles. The second-order valence-electron chi connectivity index (χ2n) is 3.29. The largest absolute Gasteiger partial charge is 0.462 e. The van der Waals surface area contributed by atoms with Crippen molar-refractivity contribution in [1.82, 2.24) is 4.98 Å². The Kier molecular flexibility index (Phi) is 2.74. The molecule has 2 N–H and O–H groups in total. The number of aromatic amines is 2. The third-order valence-electron chi connectivity index (χ3n) is 2.22. The monoisotopic (exact) mass is 239 g/mol. The number of carbonyl (C=O) groups excluding carboxylic acids is 1. The molecule has 16 heavy (non-hydrogen) atoms. The van der Waals surface area contributed by atoms with Crippen LogP contribution in [0.25, 0.3) is 10.2 Å². The van der Waals surface area contributed by atoms with Crippen LogP contribution >= 0.6 is 11.5 Å². The first-order chi connectivity index (χ1) is 7.65. The topological polar surface area (TPSA) is 73.3 Å². The SMILES string of the molecule is CCOC(=O)c1c[nH]c2s[nH+]c(C)c2c1=O. The number of rotatable bonds is 2. The molecular weight excluding hydrogens is 228 g/mol. The summed E-state index contributed by atoms with van der Waals surface area (Å²) in [4.78, 5) is 27.1. The quantitative estimate of drug-likeness (QED) is 0.791. The highest BCUT2D eigenvalue weighted by Gasteiger charge is 2.19. The van der Waals surface area contributed by atoms with E-state index >= 15 is 0 Å². The van der Waals surface area contributed by atoms with Crippen molar-refractivity contribution < 1.29 is 13.9 Å². The Morgan fingerprint density at radius 1 is 1.62 bits per heavy atom. The standard InChI is InChI=1S/C10H10N2O3S/c1-3-15-10(14)6-4-11-9-7(8(6)13)5(2)12-16-9/h4H,3H2,1-2H3,(H,11,13)/p+1. The van der Waals surface area contributed by atoms with Gasteiger partial charge in [0.15, 0.2) is 16.4 Å². The van der Waals surface area contributed by atoms with Crippen LogP contribution in [0.5, 0.6) is 0 Å². The van der Waals surface area contributed by atoms with E-state index in [4.69, 9.17) is 4.74 Å². The van der Waals surface area contributed by atoms with E-state index in [1.54, 1.807) is 13.8 Å². The predicted octanol–water partition coefficient (Wildman–Crippen LogP) is 0.889. The first-order valence-corrected chi connectivity index (χ1v) is 5.66. The van der Waals surface area contributed by atoms with Gasteiger partial charge in [-0.25, -0.2) is 4.79 Å². The number of pyridine rings is 1. The molecule has 0 aliphatic rings. The van der Waals surface area contributed by atoms with E-state index in [-0.39, 0.29) is 17.6 Å². The predicted molar refractivity (Wildman–Crippen MR) is 59.7 cm³/mol. The van der Waals surface area contributed by atoms with Crippen LogP contribution in [-0.4, -0.2) is 17.6 Å². The molecular formula is C10H11N2O3S+. The lowest BCUT2D eigenvalue weighted by Gasteiger charge is -1.99. The summed E-state index contributed by atoms with van der Waals surface area (Å²) >= 11 is 1.33. The zero-order chi connectivity index (χ0) is 11.7. The van der Waals surface area contributed by atoms with Crippen LogP contribution in [0.4, 0.5) is 0 Å². The molecule has 6 heteroatoms. The second kappa shape index (κ2) is 4.05. The molecule has 2 rings (SSSR count). The third-order valence-corrected chi connectivity index (χ3v) is 3.16. The highest BCUT2D eigenvalue weighted by atomic mass is 32.1. The molecule has 0 aliphatic heterocycles. The van der Waals surface area contributed by atoms with Crippen LogP contribution in [0.1, 0.15) is 23.0 Å². The van der Waals surface area contributed by atoms with Crippen molar-refractivity contribution in [3.63, 3.8) is 0 Å². The first-order valence-electron chi connectivity index (χ1n) is 4.84. The van der Waals surface area contributed by atoms with Gasteiger partial charge in [-0.1, -0.05) is 0 Å². The van der Waals surface area contributed by atoms with E-state index in [9.17, 15) is 9.59 Å². The van der Waals surface area contributed by atoms with Crippen LogP contribution in [0, 0.1) is 6.92 Å². The van der Waals surface area contributed by atoms with Gasteiger partial charge in [-0.15, -0.1) is 4.37 Å². The van der Waals surface area contributed by atoms with Gasteiger partial charge >= 0.3 is 5.97 Å². The van der Waals surface area contributed by atoms with Crippen molar-refractivity contribution in [2.45, 2.75) is 13.8 Å². The molecule has 0 saturated carbocycles. The summed E-state index contributed by atoms with van der Waals surface area (Å²) in [5.74, 6) is -0.587. The maximum absolute atomic E-state index is 12.0. The molecule has 0 bridgehead atoms. The minimum Gasteiger partial charge on any atom is -0.462 e. The molecule has 0 amide bonds. The maximum atomic E-state index is 12.0. The summed E-state index contributed by atoms with van der Waals surface area (Å²) in [6.45, 7) is 3.75. The van der Waals surface area contributed by atoms with Gasteiger partial charge in [-0.05, 0) is 6.92 Å². The number of hydrogen-bond acceptors (Lipinski definition) is 4. The Balaban J connectivity index is 2.64. The van der Waals surface area contributed by atoms with Gasteiger partial charge in [0.05, 0.1) is 6.61 Å². The van der Waals surface area contributed by atoms with Crippen LogP contribution < -0.4 is 9.80 Å². The Morgan fingerprint density at radius 2 is 2.38 bits per heavy atom. The highest BCUT2D eigenvalue weighted by molar-refractivity contribution is 7.08. The fourth-order valence-corrected chi connectivity index (χ4v) is 2.30. The fourth-order valence-electron chi connectivity index (χ4n) is 1.47. The van der Waals surface area contributed by atoms with Crippen molar-refractivity contribution in [2.75, 3.05) is 6.61 Å². The molecule has 0 spiro atoms. The average molecular weight is 239 g/mol. The zero-order valence-corrected chi connectivity index (χ0v) is 9.73. The first kappa shape index (κ1) is 10.8.